The molecule has 0 aliphatic heterocycles. The molecule has 0 aliphatic rings. The van der Waals surface area contributed by atoms with Crippen LogP contribution in [0, 0.1) is 0 Å². The van der Waals surface area contributed by atoms with Gasteiger partial charge in [0.15, 0.2) is 5.82 Å². The number of fused-ring (bicyclic) bond motifs is 7. The molecule has 0 aliphatic carbocycles. The minimum Gasteiger partial charge on any atom is -0.456 e. The van der Waals surface area contributed by atoms with Crippen LogP contribution in [-0.4, -0.2) is 9.97 Å². The second-order valence-corrected chi connectivity index (χ2v) is 11.6. The quantitative estimate of drug-likeness (QED) is 0.218. The second kappa shape index (κ2) is 9.10. The van der Waals surface area contributed by atoms with Gasteiger partial charge in [0.1, 0.15) is 11.2 Å². The molecule has 4 heteroatoms. The Morgan fingerprint density at radius 2 is 1.29 bits per heavy atom. The molecule has 0 fully saturated rings. The summed E-state index contributed by atoms with van der Waals surface area (Å²) in [6.45, 7) is 0. The Labute approximate surface area is 245 Å². The fourth-order valence-corrected chi connectivity index (χ4v) is 7.23. The molecule has 6 aromatic carbocycles. The van der Waals surface area contributed by atoms with Gasteiger partial charge in [-0.3, -0.25) is 0 Å². The third kappa shape index (κ3) is 3.59. The zero-order valence-corrected chi connectivity index (χ0v) is 23.2. The summed E-state index contributed by atoms with van der Waals surface area (Å²) in [5, 5.41) is 5.77. The lowest BCUT2D eigenvalue weighted by molar-refractivity contribution is 0.669. The van der Waals surface area contributed by atoms with Crippen molar-refractivity contribution in [1.29, 1.82) is 0 Å². The molecule has 3 nitrogen and oxygen atoms in total. The molecule has 0 radical (unpaired) electrons. The normalized spacial score (nSPS) is 11.8. The van der Waals surface area contributed by atoms with E-state index >= 15 is 0 Å². The standard InChI is InChI=1S/C38H22N2OS/c1-2-11-24(12-3-1)30-21-27(22-32-34(30)28-14-6-8-16-31(28)41-32)38-39-35(26-19-18-23-10-4-5-13-25(23)20-26)37-36(40-38)29-15-7-9-17-33(29)42-37/h1-22H. The predicted octanol–water partition coefficient (Wildman–Crippen LogP) is 10.9. The number of hydrogen-bond donors (Lipinski definition) is 0. The van der Waals surface area contributed by atoms with Gasteiger partial charge in [-0.15, -0.1) is 11.3 Å². The molecule has 0 N–H and O–H groups in total. The third-order valence-corrected chi connectivity index (χ3v) is 9.23. The molecule has 3 heterocycles. The maximum absolute atomic E-state index is 6.43. The fraction of sp³-hybridized carbons (Fsp3) is 0. The molecule has 0 spiro atoms. The maximum Gasteiger partial charge on any atom is 0.160 e. The van der Waals surface area contributed by atoms with Crippen LogP contribution in [0.4, 0.5) is 0 Å². The molecule has 0 amide bonds. The first-order valence-electron chi connectivity index (χ1n) is 14.0. The third-order valence-electron chi connectivity index (χ3n) is 8.06. The SMILES string of the molecule is c1ccc(-c2cc(-c3nc(-c4ccc5ccccc5c4)c4sc5ccccc5c4n3)cc3oc4ccccc4c23)cc1. The first-order chi connectivity index (χ1) is 20.8. The monoisotopic (exact) mass is 554 g/mol. The highest BCUT2D eigenvalue weighted by Crippen LogP contribution is 2.42. The summed E-state index contributed by atoms with van der Waals surface area (Å²) >= 11 is 1.75. The van der Waals surface area contributed by atoms with Gasteiger partial charge < -0.3 is 4.42 Å². The van der Waals surface area contributed by atoms with Crippen LogP contribution in [0.3, 0.4) is 0 Å². The van der Waals surface area contributed by atoms with Crippen LogP contribution in [0.5, 0.6) is 0 Å². The van der Waals surface area contributed by atoms with Crippen LogP contribution in [0.15, 0.2) is 138 Å². The van der Waals surface area contributed by atoms with Crippen molar-refractivity contribution in [2.24, 2.45) is 0 Å². The van der Waals surface area contributed by atoms with E-state index in [9.17, 15) is 0 Å². The Kier molecular flexibility index (Phi) is 5.07. The Bertz CT molecular complexity index is 2470. The molecule has 196 valence electrons. The van der Waals surface area contributed by atoms with Crippen LogP contribution >= 0.6 is 11.3 Å². The van der Waals surface area contributed by atoms with E-state index in [4.69, 9.17) is 14.4 Å². The zero-order valence-electron chi connectivity index (χ0n) is 22.4. The number of para-hydroxylation sites is 1. The van der Waals surface area contributed by atoms with Crippen molar-refractivity contribution in [3.63, 3.8) is 0 Å². The first-order valence-corrected chi connectivity index (χ1v) is 14.8. The molecule has 0 unspecified atom stereocenters. The van der Waals surface area contributed by atoms with Gasteiger partial charge >= 0.3 is 0 Å². The average Bonchev–Trinajstić information content (AvgIpc) is 3.62. The molecule has 0 saturated heterocycles. The number of rotatable bonds is 3. The summed E-state index contributed by atoms with van der Waals surface area (Å²) in [5.41, 5.74) is 7.90. The molecule has 0 bridgehead atoms. The number of aromatic nitrogens is 2. The van der Waals surface area contributed by atoms with E-state index in [2.05, 4.69) is 115 Å². The lowest BCUT2D eigenvalue weighted by atomic mass is 9.96. The minimum atomic E-state index is 0.689. The van der Waals surface area contributed by atoms with Crippen molar-refractivity contribution < 1.29 is 4.42 Å². The van der Waals surface area contributed by atoms with Crippen molar-refractivity contribution in [3.05, 3.63) is 133 Å². The van der Waals surface area contributed by atoms with Crippen LogP contribution < -0.4 is 0 Å². The van der Waals surface area contributed by atoms with Crippen LogP contribution in [0.2, 0.25) is 0 Å². The van der Waals surface area contributed by atoms with Crippen molar-refractivity contribution in [1.82, 2.24) is 9.97 Å². The van der Waals surface area contributed by atoms with E-state index in [1.807, 2.05) is 18.2 Å². The minimum absolute atomic E-state index is 0.689. The van der Waals surface area contributed by atoms with Crippen molar-refractivity contribution in [2.75, 3.05) is 0 Å². The Balaban J connectivity index is 1.37. The Morgan fingerprint density at radius 1 is 0.524 bits per heavy atom. The van der Waals surface area contributed by atoms with Gasteiger partial charge in [0.05, 0.1) is 15.9 Å². The molecular formula is C38H22N2OS. The number of furan rings is 1. The molecule has 0 saturated carbocycles. The summed E-state index contributed by atoms with van der Waals surface area (Å²) in [6.07, 6.45) is 0. The highest BCUT2D eigenvalue weighted by molar-refractivity contribution is 7.26. The molecule has 0 atom stereocenters. The van der Waals surface area contributed by atoms with Gasteiger partial charge in [-0.1, -0.05) is 103 Å². The lowest BCUT2D eigenvalue weighted by Crippen LogP contribution is -1.94. The summed E-state index contributed by atoms with van der Waals surface area (Å²) in [4.78, 5) is 10.5. The van der Waals surface area contributed by atoms with Gasteiger partial charge in [0.2, 0.25) is 0 Å². The number of benzene rings is 6. The van der Waals surface area contributed by atoms with E-state index in [1.54, 1.807) is 11.3 Å². The smallest absolute Gasteiger partial charge is 0.160 e. The largest absolute Gasteiger partial charge is 0.456 e. The Hall–Kier alpha value is -5.32. The number of thiophene rings is 1. The summed E-state index contributed by atoms with van der Waals surface area (Å²) in [7, 11) is 0. The highest BCUT2D eigenvalue weighted by Gasteiger charge is 2.20. The number of hydrogen-bond acceptors (Lipinski definition) is 4. The Morgan fingerprint density at radius 3 is 2.19 bits per heavy atom. The van der Waals surface area contributed by atoms with Crippen molar-refractivity contribution in [3.8, 4) is 33.8 Å². The van der Waals surface area contributed by atoms with Crippen LogP contribution in [0.25, 0.3) is 86.8 Å². The maximum atomic E-state index is 6.43. The zero-order chi connectivity index (χ0) is 27.6. The molecule has 3 aromatic heterocycles. The summed E-state index contributed by atoms with van der Waals surface area (Å²) in [5.74, 6) is 0.689. The van der Waals surface area contributed by atoms with E-state index in [0.717, 1.165) is 65.5 Å². The number of nitrogens with zero attached hydrogens (tertiary/aromatic N) is 2. The molecule has 9 aromatic rings. The van der Waals surface area contributed by atoms with E-state index in [-0.39, 0.29) is 0 Å². The fourth-order valence-electron chi connectivity index (χ4n) is 6.08. The van der Waals surface area contributed by atoms with Gasteiger partial charge in [-0.25, -0.2) is 9.97 Å². The molecular weight excluding hydrogens is 532 g/mol. The van der Waals surface area contributed by atoms with Crippen molar-refractivity contribution in [2.45, 2.75) is 0 Å². The van der Waals surface area contributed by atoms with Crippen LogP contribution in [-0.2, 0) is 0 Å². The van der Waals surface area contributed by atoms with Gasteiger partial charge in [-0.2, -0.15) is 0 Å². The van der Waals surface area contributed by atoms with Gasteiger partial charge in [0.25, 0.3) is 0 Å². The second-order valence-electron chi connectivity index (χ2n) is 10.6. The molecule has 42 heavy (non-hydrogen) atoms. The lowest BCUT2D eigenvalue weighted by Gasteiger charge is -2.10. The van der Waals surface area contributed by atoms with Gasteiger partial charge in [-0.05, 0) is 52.2 Å². The predicted molar refractivity (Wildman–Crippen MR) is 176 cm³/mol. The average molecular weight is 555 g/mol. The highest BCUT2D eigenvalue weighted by atomic mass is 32.1. The van der Waals surface area contributed by atoms with Crippen molar-refractivity contribution >= 4 is 64.4 Å². The van der Waals surface area contributed by atoms with E-state index < -0.39 is 0 Å². The topological polar surface area (TPSA) is 38.9 Å². The first kappa shape index (κ1) is 23.4. The summed E-state index contributed by atoms with van der Waals surface area (Å²) in [6, 6.07) is 46.6. The van der Waals surface area contributed by atoms with E-state index in [0.29, 0.717) is 5.82 Å². The van der Waals surface area contributed by atoms with Gasteiger partial charge in [0, 0.05) is 32.0 Å². The summed E-state index contributed by atoms with van der Waals surface area (Å²) < 4.78 is 8.74. The van der Waals surface area contributed by atoms with Crippen LogP contribution in [0.1, 0.15) is 0 Å². The molecule has 9 rings (SSSR count). The van der Waals surface area contributed by atoms with E-state index in [1.165, 1.54) is 15.5 Å².